The zero-order valence-corrected chi connectivity index (χ0v) is 12.1. The van der Waals surface area contributed by atoms with E-state index in [0.717, 1.165) is 31.4 Å². The third-order valence-corrected chi connectivity index (χ3v) is 4.39. The van der Waals surface area contributed by atoms with E-state index < -0.39 is 0 Å². The highest BCUT2D eigenvalue weighted by molar-refractivity contribution is 6.20. The van der Waals surface area contributed by atoms with Gasteiger partial charge in [0.25, 0.3) is 5.91 Å². The summed E-state index contributed by atoms with van der Waals surface area (Å²) in [6, 6.07) is 0. The van der Waals surface area contributed by atoms with Gasteiger partial charge in [0.1, 0.15) is 0 Å². The van der Waals surface area contributed by atoms with Gasteiger partial charge in [-0.2, -0.15) is 5.10 Å². The summed E-state index contributed by atoms with van der Waals surface area (Å²) in [7, 11) is 0. The number of aromatic nitrogens is 3. The minimum Gasteiger partial charge on any atom is -0.339 e. The molecule has 1 aliphatic heterocycles. The molecule has 0 radical (unpaired) electrons. The third kappa shape index (κ3) is 2.38. The second-order valence-electron chi connectivity index (χ2n) is 5.27. The smallest absolute Gasteiger partial charge is 0.257 e. The summed E-state index contributed by atoms with van der Waals surface area (Å²) in [4.78, 5) is 18.5. The van der Waals surface area contributed by atoms with Gasteiger partial charge in [-0.25, -0.2) is 4.52 Å². The summed E-state index contributed by atoms with van der Waals surface area (Å²) in [6.07, 6.45) is 8.63. The molecule has 0 saturated carbocycles. The second kappa shape index (κ2) is 5.40. The van der Waals surface area contributed by atoms with Crippen molar-refractivity contribution in [3.8, 4) is 0 Å². The van der Waals surface area contributed by atoms with Crippen molar-refractivity contribution < 1.29 is 4.79 Å². The fraction of sp³-hybridized carbons (Fsp3) is 0.500. The maximum Gasteiger partial charge on any atom is 0.257 e. The predicted octanol–water partition coefficient (Wildman–Crippen LogP) is 2.21. The van der Waals surface area contributed by atoms with E-state index in [0.29, 0.717) is 11.5 Å². The first-order chi connectivity index (χ1) is 9.66. The fourth-order valence-electron chi connectivity index (χ4n) is 2.73. The second-order valence-corrected chi connectivity index (χ2v) is 5.96. The molecule has 1 aliphatic rings. The molecule has 0 bridgehead atoms. The lowest BCUT2D eigenvalue weighted by molar-refractivity contribution is 0.0692. The lowest BCUT2D eigenvalue weighted by Gasteiger charge is -2.33. The van der Waals surface area contributed by atoms with Crippen LogP contribution in [0.25, 0.3) is 5.52 Å². The van der Waals surface area contributed by atoms with Crippen LogP contribution in [0.15, 0.2) is 24.8 Å². The van der Waals surface area contributed by atoms with Crippen LogP contribution >= 0.6 is 11.6 Å². The number of carbonyl (C=O) groups is 1. The fourth-order valence-corrected chi connectivity index (χ4v) is 2.98. The van der Waals surface area contributed by atoms with Crippen molar-refractivity contribution in [3.05, 3.63) is 30.4 Å². The van der Waals surface area contributed by atoms with Crippen LogP contribution in [0.1, 0.15) is 30.1 Å². The number of rotatable bonds is 2. The van der Waals surface area contributed by atoms with E-state index in [1.165, 1.54) is 0 Å². The summed E-state index contributed by atoms with van der Waals surface area (Å²) in [5.41, 5.74) is 1.38. The molecule has 1 amide bonds. The van der Waals surface area contributed by atoms with Crippen molar-refractivity contribution in [2.45, 2.75) is 25.1 Å². The monoisotopic (exact) mass is 292 g/mol. The maximum atomic E-state index is 12.6. The first-order valence-corrected chi connectivity index (χ1v) is 7.31. The Labute approximate surface area is 122 Å². The van der Waals surface area contributed by atoms with Gasteiger partial charge < -0.3 is 4.90 Å². The highest BCUT2D eigenvalue weighted by Gasteiger charge is 2.27. The van der Waals surface area contributed by atoms with Gasteiger partial charge >= 0.3 is 0 Å². The van der Waals surface area contributed by atoms with E-state index in [-0.39, 0.29) is 11.3 Å². The molecule has 3 heterocycles. The van der Waals surface area contributed by atoms with Gasteiger partial charge in [0.2, 0.25) is 0 Å². The molecule has 2 aromatic rings. The van der Waals surface area contributed by atoms with Crippen molar-refractivity contribution in [2.75, 3.05) is 13.1 Å². The Bertz CT molecular complexity index is 616. The molecule has 0 N–H and O–H groups in total. The number of hydrogen-bond donors (Lipinski definition) is 0. The van der Waals surface area contributed by atoms with Crippen LogP contribution < -0.4 is 0 Å². The Kier molecular flexibility index (Phi) is 3.61. The number of alkyl halides is 1. The molecule has 106 valence electrons. The number of halogens is 1. The van der Waals surface area contributed by atoms with Crippen molar-refractivity contribution in [3.63, 3.8) is 0 Å². The van der Waals surface area contributed by atoms with Crippen LogP contribution in [0, 0.1) is 5.92 Å². The lowest BCUT2D eigenvalue weighted by Crippen LogP contribution is -2.40. The molecule has 1 unspecified atom stereocenters. The minimum absolute atomic E-state index is 0.0358. The van der Waals surface area contributed by atoms with E-state index in [2.05, 4.69) is 10.1 Å². The third-order valence-electron chi connectivity index (χ3n) is 4.03. The van der Waals surface area contributed by atoms with Gasteiger partial charge in [-0.1, -0.05) is 0 Å². The summed E-state index contributed by atoms with van der Waals surface area (Å²) in [5, 5.41) is 4.36. The van der Waals surface area contributed by atoms with Gasteiger partial charge in [0, 0.05) is 30.9 Å². The number of carbonyl (C=O) groups excluding carboxylic acids is 1. The van der Waals surface area contributed by atoms with Gasteiger partial charge in [0.05, 0.1) is 23.5 Å². The number of piperidine rings is 1. The Morgan fingerprint density at radius 2 is 2.15 bits per heavy atom. The predicted molar refractivity (Wildman–Crippen MR) is 76.9 cm³/mol. The largest absolute Gasteiger partial charge is 0.339 e. The van der Waals surface area contributed by atoms with Crippen LogP contribution in [0.2, 0.25) is 0 Å². The van der Waals surface area contributed by atoms with E-state index >= 15 is 0 Å². The number of hydrogen-bond acceptors (Lipinski definition) is 3. The molecule has 0 aromatic carbocycles. The van der Waals surface area contributed by atoms with Gasteiger partial charge in [-0.05, 0) is 25.7 Å². The topological polar surface area (TPSA) is 50.5 Å². The van der Waals surface area contributed by atoms with Crippen LogP contribution in [0.5, 0.6) is 0 Å². The maximum absolute atomic E-state index is 12.6. The number of amides is 1. The number of nitrogens with zero attached hydrogens (tertiary/aromatic N) is 4. The quantitative estimate of drug-likeness (QED) is 0.798. The lowest BCUT2D eigenvalue weighted by atomic mass is 9.93. The Morgan fingerprint density at radius 1 is 1.40 bits per heavy atom. The molecule has 20 heavy (non-hydrogen) atoms. The zero-order valence-electron chi connectivity index (χ0n) is 11.4. The van der Waals surface area contributed by atoms with E-state index in [4.69, 9.17) is 11.6 Å². The summed E-state index contributed by atoms with van der Waals surface area (Å²) < 4.78 is 1.67. The highest BCUT2D eigenvalue weighted by atomic mass is 35.5. The van der Waals surface area contributed by atoms with E-state index in [9.17, 15) is 4.79 Å². The van der Waals surface area contributed by atoms with Gasteiger partial charge in [0.15, 0.2) is 0 Å². The molecular weight excluding hydrogens is 276 g/mol. The normalized spacial score (nSPS) is 18.4. The van der Waals surface area contributed by atoms with Crippen LogP contribution in [-0.4, -0.2) is 43.9 Å². The first kappa shape index (κ1) is 13.4. The molecule has 0 aliphatic carbocycles. The van der Waals surface area contributed by atoms with Gasteiger partial charge in [-0.15, -0.1) is 11.6 Å². The molecule has 1 atom stereocenters. The average Bonchev–Trinajstić information content (AvgIpc) is 2.90. The number of fused-ring (bicyclic) bond motifs is 1. The molecule has 1 saturated heterocycles. The molecule has 6 heteroatoms. The first-order valence-electron chi connectivity index (χ1n) is 6.87. The highest BCUT2D eigenvalue weighted by Crippen LogP contribution is 2.25. The Morgan fingerprint density at radius 3 is 2.85 bits per heavy atom. The van der Waals surface area contributed by atoms with Crippen molar-refractivity contribution in [1.82, 2.24) is 19.5 Å². The molecule has 3 rings (SSSR count). The molecule has 1 fully saturated rings. The Balaban J connectivity index is 1.77. The van der Waals surface area contributed by atoms with Crippen LogP contribution in [0.3, 0.4) is 0 Å². The average molecular weight is 293 g/mol. The van der Waals surface area contributed by atoms with Crippen molar-refractivity contribution >= 4 is 23.0 Å². The molecule has 0 spiro atoms. The Hall–Kier alpha value is -1.62. The van der Waals surface area contributed by atoms with Crippen molar-refractivity contribution in [1.29, 1.82) is 0 Å². The number of likely N-dealkylation sites (tertiary alicyclic amines) is 1. The molecular formula is C14H17ClN4O. The van der Waals surface area contributed by atoms with Crippen LogP contribution in [0.4, 0.5) is 0 Å². The summed E-state index contributed by atoms with van der Waals surface area (Å²) >= 11 is 6.14. The van der Waals surface area contributed by atoms with Crippen LogP contribution in [-0.2, 0) is 0 Å². The SMILES string of the molecule is CC(Cl)C1CCN(C(=O)c2cnn3ccncc23)CC1. The van der Waals surface area contributed by atoms with Crippen molar-refractivity contribution in [2.24, 2.45) is 5.92 Å². The van der Waals surface area contributed by atoms with Gasteiger partial charge in [-0.3, -0.25) is 9.78 Å². The van der Waals surface area contributed by atoms with E-state index in [1.807, 2.05) is 11.8 Å². The molecule has 2 aromatic heterocycles. The summed E-state index contributed by atoms with van der Waals surface area (Å²) in [6.45, 7) is 3.55. The summed E-state index contributed by atoms with van der Waals surface area (Å²) in [5.74, 6) is 0.542. The standard InChI is InChI=1S/C14H17ClN4O/c1-10(15)11-2-5-18(6-3-11)14(20)12-8-17-19-7-4-16-9-13(12)19/h4,7-11H,2-3,5-6H2,1H3. The molecule has 5 nitrogen and oxygen atoms in total. The zero-order chi connectivity index (χ0) is 14.1. The minimum atomic E-state index is 0.0358. The van der Waals surface area contributed by atoms with E-state index in [1.54, 1.807) is 29.3 Å².